The van der Waals surface area contributed by atoms with Crippen molar-refractivity contribution in [2.45, 2.75) is 13.8 Å². The molecular weight excluding hydrogens is 414 g/mol. The van der Waals surface area contributed by atoms with E-state index in [2.05, 4.69) is 14.9 Å². The smallest absolute Gasteiger partial charge is 0.282 e. The molecule has 0 unspecified atom stereocenters. The molecule has 5 rings (SSSR count). The summed E-state index contributed by atoms with van der Waals surface area (Å²) in [6.07, 6.45) is 3.46. The van der Waals surface area contributed by atoms with Gasteiger partial charge in [-0.25, -0.2) is 14.9 Å². The first-order chi connectivity index (χ1) is 16.0. The maximum atomic E-state index is 13.7. The molecule has 0 bridgehead atoms. The van der Waals surface area contributed by atoms with Crippen LogP contribution in [0.5, 0.6) is 0 Å². The van der Waals surface area contributed by atoms with Crippen LogP contribution in [0, 0.1) is 13.8 Å². The number of benzene rings is 2. The van der Waals surface area contributed by atoms with Crippen molar-refractivity contribution in [3.05, 3.63) is 89.4 Å². The molecular formula is C26H25N5O2. The molecule has 2 aliphatic rings. The van der Waals surface area contributed by atoms with Crippen molar-refractivity contribution in [1.29, 1.82) is 0 Å². The minimum absolute atomic E-state index is 0.273. The van der Waals surface area contributed by atoms with E-state index in [1.54, 1.807) is 18.5 Å². The van der Waals surface area contributed by atoms with Crippen molar-refractivity contribution in [3.8, 4) is 0 Å². The van der Waals surface area contributed by atoms with E-state index in [4.69, 9.17) is 0 Å². The largest absolute Gasteiger partial charge is 0.363 e. The number of anilines is 2. The van der Waals surface area contributed by atoms with E-state index in [1.165, 1.54) is 4.90 Å². The fourth-order valence-electron chi connectivity index (χ4n) is 4.38. The van der Waals surface area contributed by atoms with E-state index >= 15 is 0 Å². The Balaban J connectivity index is 1.51. The normalized spacial score (nSPS) is 16.7. The number of hydrogen-bond acceptors (Lipinski definition) is 6. The van der Waals surface area contributed by atoms with Gasteiger partial charge in [-0.2, -0.15) is 0 Å². The topological polar surface area (TPSA) is 69.6 Å². The zero-order chi connectivity index (χ0) is 22.9. The molecule has 7 heteroatoms. The molecule has 1 fully saturated rings. The number of carbonyl (C=O) groups is 2. The zero-order valence-corrected chi connectivity index (χ0v) is 18.7. The van der Waals surface area contributed by atoms with Gasteiger partial charge < -0.3 is 9.80 Å². The van der Waals surface area contributed by atoms with Crippen LogP contribution < -0.4 is 9.80 Å². The molecule has 0 aliphatic carbocycles. The molecule has 7 nitrogen and oxygen atoms in total. The number of rotatable bonds is 4. The van der Waals surface area contributed by atoms with Crippen LogP contribution in [-0.4, -0.2) is 52.9 Å². The number of carbonyl (C=O) groups excluding carboxylic acids is 2. The summed E-state index contributed by atoms with van der Waals surface area (Å²) in [6, 6.07) is 17.1. The molecule has 1 aromatic heterocycles. The molecule has 2 aliphatic heterocycles. The molecule has 3 heterocycles. The summed E-state index contributed by atoms with van der Waals surface area (Å²) < 4.78 is 0. The number of amides is 2. The highest BCUT2D eigenvalue weighted by molar-refractivity contribution is 6.45. The standard InChI is InChI=1S/C26H25N5O2/c1-18-7-9-20(10-8-18)22-23(25(33)31(24(22)32)21-6-3-5-19(2)17-21)29-13-15-30(16-14-29)26-27-11-4-12-28-26/h3-12,17H,13-16H2,1-2H3. The van der Waals surface area contributed by atoms with Gasteiger partial charge in [-0.15, -0.1) is 0 Å². The van der Waals surface area contributed by atoms with Crippen molar-refractivity contribution in [3.63, 3.8) is 0 Å². The van der Waals surface area contributed by atoms with Gasteiger partial charge in [0.05, 0.1) is 11.3 Å². The molecule has 0 radical (unpaired) electrons. The van der Waals surface area contributed by atoms with Gasteiger partial charge in [0.1, 0.15) is 5.70 Å². The van der Waals surface area contributed by atoms with Crippen molar-refractivity contribution in [2.24, 2.45) is 0 Å². The summed E-state index contributed by atoms with van der Waals surface area (Å²) in [5.74, 6) is 0.129. The summed E-state index contributed by atoms with van der Waals surface area (Å²) in [5.41, 5.74) is 4.39. The van der Waals surface area contributed by atoms with E-state index in [0.29, 0.717) is 49.1 Å². The lowest BCUT2D eigenvalue weighted by Crippen LogP contribution is -2.48. The quantitative estimate of drug-likeness (QED) is 0.582. The number of nitrogens with zero attached hydrogens (tertiary/aromatic N) is 5. The van der Waals surface area contributed by atoms with E-state index in [0.717, 1.165) is 16.7 Å². The lowest BCUT2D eigenvalue weighted by molar-refractivity contribution is -0.120. The highest BCUT2D eigenvalue weighted by atomic mass is 16.2. The van der Waals surface area contributed by atoms with Crippen LogP contribution in [-0.2, 0) is 9.59 Å². The Kier molecular flexibility index (Phi) is 5.38. The fraction of sp³-hybridized carbons (Fsp3) is 0.231. The molecule has 1 saturated heterocycles. The van der Waals surface area contributed by atoms with Crippen LogP contribution in [0.2, 0.25) is 0 Å². The summed E-state index contributed by atoms with van der Waals surface area (Å²) in [4.78, 5) is 41.5. The SMILES string of the molecule is Cc1ccc(C2=C(N3CCN(c4ncccn4)CC3)C(=O)N(c3cccc(C)c3)C2=O)cc1. The summed E-state index contributed by atoms with van der Waals surface area (Å²) in [7, 11) is 0. The molecule has 166 valence electrons. The van der Waals surface area contributed by atoms with Gasteiger partial charge in [0, 0.05) is 38.6 Å². The number of aromatic nitrogens is 2. The Labute approximate surface area is 193 Å². The molecule has 0 N–H and O–H groups in total. The molecule has 2 aromatic carbocycles. The average molecular weight is 440 g/mol. The second-order valence-corrected chi connectivity index (χ2v) is 8.40. The Morgan fingerprint density at radius 3 is 2.06 bits per heavy atom. The Bertz CT molecular complexity index is 1230. The van der Waals surface area contributed by atoms with Crippen molar-refractivity contribution in [1.82, 2.24) is 14.9 Å². The third-order valence-corrected chi connectivity index (χ3v) is 6.09. The molecule has 0 saturated carbocycles. The predicted molar refractivity (Wildman–Crippen MR) is 128 cm³/mol. The van der Waals surface area contributed by atoms with Gasteiger partial charge in [-0.3, -0.25) is 9.59 Å². The lowest BCUT2D eigenvalue weighted by Gasteiger charge is -2.36. The highest BCUT2D eigenvalue weighted by Crippen LogP contribution is 2.35. The van der Waals surface area contributed by atoms with Crippen molar-refractivity contribution >= 4 is 29.0 Å². The summed E-state index contributed by atoms with van der Waals surface area (Å²) in [5, 5.41) is 0. The second-order valence-electron chi connectivity index (χ2n) is 8.40. The second kappa shape index (κ2) is 8.50. The molecule has 33 heavy (non-hydrogen) atoms. The number of aryl methyl sites for hydroxylation is 2. The third kappa shape index (κ3) is 3.86. The summed E-state index contributed by atoms with van der Waals surface area (Å²) in [6.45, 7) is 6.49. The van der Waals surface area contributed by atoms with Crippen LogP contribution in [0.4, 0.5) is 11.6 Å². The first kappa shape index (κ1) is 20.9. The molecule has 2 amide bonds. The van der Waals surface area contributed by atoms with Gasteiger partial charge in [0.2, 0.25) is 5.95 Å². The van der Waals surface area contributed by atoms with E-state index in [-0.39, 0.29) is 11.8 Å². The van der Waals surface area contributed by atoms with Crippen molar-refractivity contribution < 1.29 is 9.59 Å². The Morgan fingerprint density at radius 2 is 1.39 bits per heavy atom. The molecule has 0 atom stereocenters. The minimum atomic E-state index is -0.279. The molecule has 3 aromatic rings. The number of piperazine rings is 1. The van der Waals surface area contributed by atoms with E-state index < -0.39 is 0 Å². The molecule has 0 spiro atoms. The third-order valence-electron chi connectivity index (χ3n) is 6.09. The van der Waals surface area contributed by atoms with Crippen LogP contribution in [0.3, 0.4) is 0 Å². The van der Waals surface area contributed by atoms with Crippen molar-refractivity contribution in [2.75, 3.05) is 36.0 Å². The van der Waals surface area contributed by atoms with E-state index in [9.17, 15) is 9.59 Å². The monoisotopic (exact) mass is 439 g/mol. The first-order valence-electron chi connectivity index (χ1n) is 11.1. The van der Waals surface area contributed by atoms with Gasteiger partial charge in [0.25, 0.3) is 11.8 Å². The van der Waals surface area contributed by atoms with Gasteiger partial charge in [-0.05, 0) is 43.2 Å². The predicted octanol–water partition coefficient (Wildman–Crippen LogP) is 3.20. The van der Waals surface area contributed by atoms with E-state index in [1.807, 2.05) is 67.3 Å². The maximum Gasteiger partial charge on any atom is 0.282 e. The van der Waals surface area contributed by atoms with Gasteiger partial charge >= 0.3 is 0 Å². The minimum Gasteiger partial charge on any atom is -0.363 e. The average Bonchev–Trinajstić information content (AvgIpc) is 3.10. The van der Waals surface area contributed by atoms with Crippen LogP contribution >= 0.6 is 0 Å². The maximum absolute atomic E-state index is 13.7. The Morgan fingerprint density at radius 1 is 0.727 bits per heavy atom. The fourth-order valence-corrected chi connectivity index (χ4v) is 4.38. The number of hydrogen-bond donors (Lipinski definition) is 0. The van der Waals surface area contributed by atoms with Crippen LogP contribution in [0.15, 0.2) is 72.7 Å². The lowest BCUT2D eigenvalue weighted by atomic mass is 10.0. The number of imide groups is 1. The van der Waals surface area contributed by atoms with Gasteiger partial charge in [-0.1, -0.05) is 42.0 Å². The summed E-state index contributed by atoms with van der Waals surface area (Å²) >= 11 is 0. The first-order valence-corrected chi connectivity index (χ1v) is 11.1. The zero-order valence-electron chi connectivity index (χ0n) is 18.7. The Hall–Kier alpha value is -4.00. The highest BCUT2D eigenvalue weighted by Gasteiger charge is 2.43. The van der Waals surface area contributed by atoms with Crippen LogP contribution in [0.1, 0.15) is 16.7 Å². The van der Waals surface area contributed by atoms with Crippen LogP contribution in [0.25, 0.3) is 5.57 Å². The van der Waals surface area contributed by atoms with Gasteiger partial charge in [0.15, 0.2) is 0 Å².